The summed E-state index contributed by atoms with van der Waals surface area (Å²) < 4.78 is 0. The summed E-state index contributed by atoms with van der Waals surface area (Å²) in [6, 6.07) is 10.2. The maximum absolute atomic E-state index is 4.55. The van der Waals surface area contributed by atoms with Gasteiger partial charge in [0.15, 0.2) is 0 Å². The van der Waals surface area contributed by atoms with Crippen LogP contribution in [0.5, 0.6) is 0 Å². The second-order valence-corrected chi connectivity index (χ2v) is 5.30. The number of nitrogens with one attached hydrogen (secondary N) is 2. The number of anilines is 1. The number of aliphatic imine (C=N–C) groups is 1. The van der Waals surface area contributed by atoms with Gasteiger partial charge in [-0.2, -0.15) is 0 Å². The third kappa shape index (κ3) is 3.12. The normalized spacial score (nSPS) is 14.8. The summed E-state index contributed by atoms with van der Waals surface area (Å²) in [5.74, 6) is 1.03. The molecule has 0 aliphatic carbocycles. The molecule has 1 aliphatic heterocycles. The van der Waals surface area contributed by atoms with Crippen molar-refractivity contribution in [1.82, 2.24) is 10.4 Å². The van der Waals surface area contributed by atoms with Gasteiger partial charge in [0.1, 0.15) is 5.84 Å². The van der Waals surface area contributed by atoms with E-state index in [1.807, 2.05) is 18.2 Å². The largest absolute Gasteiger partial charge is 0.286 e. The lowest BCUT2D eigenvalue weighted by atomic mass is 10.2. The van der Waals surface area contributed by atoms with Gasteiger partial charge in [-0.1, -0.05) is 30.3 Å². The van der Waals surface area contributed by atoms with Crippen LogP contribution in [0.3, 0.4) is 0 Å². The molecule has 0 bridgehead atoms. The zero-order chi connectivity index (χ0) is 12.9. The Bertz CT molecular complexity index is 562. The zero-order valence-electron chi connectivity index (χ0n) is 10.6. The fourth-order valence-electron chi connectivity index (χ4n) is 2.00. The molecule has 5 heteroatoms. The Morgan fingerprint density at radius 2 is 1.95 bits per heavy atom. The molecule has 0 radical (unpaired) electrons. The number of hydrogen-bond donors (Lipinski definition) is 2. The first-order chi connectivity index (χ1) is 9.42. The number of rotatable bonds is 3. The van der Waals surface area contributed by atoms with E-state index in [-0.39, 0.29) is 0 Å². The molecule has 0 atom stereocenters. The fourth-order valence-corrected chi connectivity index (χ4v) is 2.67. The van der Waals surface area contributed by atoms with Crippen LogP contribution in [-0.4, -0.2) is 17.4 Å². The van der Waals surface area contributed by atoms with E-state index in [2.05, 4.69) is 38.3 Å². The monoisotopic (exact) mass is 272 g/mol. The van der Waals surface area contributed by atoms with Crippen LogP contribution in [-0.2, 0) is 0 Å². The van der Waals surface area contributed by atoms with Gasteiger partial charge < -0.3 is 0 Å². The molecule has 1 aromatic carbocycles. The van der Waals surface area contributed by atoms with Crippen LogP contribution in [0, 0.1) is 0 Å². The molecule has 19 heavy (non-hydrogen) atoms. The number of nitrogens with zero attached hydrogens (tertiary/aromatic N) is 2. The van der Waals surface area contributed by atoms with E-state index >= 15 is 0 Å². The van der Waals surface area contributed by atoms with Crippen molar-refractivity contribution in [1.29, 1.82) is 0 Å². The molecule has 2 heterocycles. The topological polar surface area (TPSA) is 49.3 Å². The third-order valence-corrected chi connectivity index (χ3v) is 3.77. The lowest BCUT2D eigenvalue weighted by molar-refractivity contribution is 0.719. The predicted molar refractivity (Wildman–Crippen MR) is 80.5 cm³/mol. The highest BCUT2D eigenvalue weighted by atomic mass is 32.1. The van der Waals surface area contributed by atoms with Crippen molar-refractivity contribution in [2.24, 2.45) is 4.99 Å². The van der Waals surface area contributed by atoms with E-state index in [0.717, 1.165) is 35.2 Å². The highest BCUT2D eigenvalue weighted by Gasteiger charge is 2.06. The minimum atomic E-state index is 0.868. The van der Waals surface area contributed by atoms with Crippen LogP contribution in [0.1, 0.15) is 19.3 Å². The fraction of sp³-hybridized carbons (Fsp3) is 0.286. The first-order valence-electron chi connectivity index (χ1n) is 6.48. The summed E-state index contributed by atoms with van der Waals surface area (Å²) in [6.07, 6.45) is 3.42. The summed E-state index contributed by atoms with van der Waals surface area (Å²) in [5.41, 5.74) is 8.42. The van der Waals surface area contributed by atoms with Crippen molar-refractivity contribution in [3.63, 3.8) is 0 Å². The van der Waals surface area contributed by atoms with Gasteiger partial charge in [0, 0.05) is 23.9 Å². The Morgan fingerprint density at radius 3 is 2.74 bits per heavy atom. The Morgan fingerprint density at radius 1 is 1.05 bits per heavy atom. The molecular weight excluding hydrogens is 256 g/mol. The van der Waals surface area contributed by atoms with Crippen molar-refractivity contribution in [2.75, 3.05) is 12.0 Å². The maximum Gasteiger partial charge on any atom is 0.202 e. The average molecular weight is 272 g/mol. The quantitative estimate of drug-likeness (QED) is 0.843. The number of thiazole rings is 1. The summed E-state index contributed by atoms with van der Waals surface area (Å²) in [4.78, 5) is 8.98. The SMILES string of the molecule is c1ccc(-c2csc(NNC3=NCCCC3)n2)cc1. The molecule has 0 amide bonds. The van der Waals surface area contributed by atoms with Crippen molar-refractivity contribution >= 4 is 22.3 Å². The van der Waals surface area contributed by atoms with E-state index < -0.39 is 0 Å². The van der Waals surface area contributed by atoms with Crippen LogP contribution < -0.4 is 10.9 Å². The van der Waals surface area contributed by atoms with Gasteiger partial charge in [-0.3, -0.25) is 15.8 Å². The molecule has 98 valence electrons. The molecule has 2 N–H and O–H groups in total. The molecule has 1 aromatic heterocycles. The third-order valence-electron chi connectivity index (χ3n) is 3.01. The number of hydrogen-bond acceptors (Lipinski definition) is 5. The van der Waals surface area contributed by atoms with Gasteiger partial charge in [0.25, 0.3) is 0 Å². The van der Waals surface area contributed by atoms with E-state index in [9.17, 15) is 0 Å². The van der Waals surface area contributed by atoms with E-state index in [1.165, 1.54) is 12.8 Å². The zero-order valence-corrected chi connectivity index (χ0v) is 11.4. The van der Waals surface area contributed by atoms with Gasteiger partial charge >= 0.3 is 0 Å². The Kier molecular flexibility index (Phi) is 3.74. The van der Waals surface area contributed by atoms with Gasteiger partial charge in [-0.25, -0.2) is 4.98 Å². The second kappa shape index (κ2) is 5.84. The van der Waals surface area contributed by atoms with Crippen LogP contribution >= 0.6 is 11.3 Å². The molecule has 0 saturated heterocycles. The molecular formula is C14H16N4S. The van der Waals surface area contributed by atoms with Crippen LogP contribution in [0.25, 0.3) is 11.3 Å². The summed E-state index contributed by atoms with van der Waals surface area (Å²) in [6.45, 7) is 0.928. The van der Waals surface area contributed by atoms with Crippen LogP contribution in [0.15, 0.2) is 40.7 Å². The highest BCUT2D eigenvalue weighted by Crippen LogP contribution is 2.24. The smallest absolute Gasteiger partial charge is 0.202 e. The van der Waals surface area contributed by atoms with Gasteiger partial charge in [-0.15, -0.1) is 11.3 Å². The molecule has 2 aromatic rings. The van der Waals surface area contributed by atoms with E-state index in [1.54, 1.807) is 11.3 Å². The number of benzene rings is 1. The van der Waals surface area contributed by atoms with Crippen molar-refractivity contribution in [3.05, 3.63) is 35.7 Å². The molecule has 0 spiro atoms. The number of amidine groups is 1. The standard InChI is InChI=1S/C14H16N4S/c1-2-6-11(7-3-1)12-10-19-14(16-12)18-17-13-8-4-5-9-15-13/h1-3,6-7,10H,4-5,8-9H2,(H,15,17)(H,16,18). The maximum atomic E-state index is 4.55. The second-order valence-electron chi connectivity index (χ2n) is 4.44. The van der Waals surface area contributed by atoms with Gasteiger partial charge in [-0.05, 0) is 12.8 Å². The molecule has 0 unspecified atom stereocenters. The minimum Gasteiger partial charge on any atom is -0.286 e. The number of hydrazine groups is 1. The summed E-state index contributed by atoms with van der Waals surface area (Å²) >= 11 is 1.59. The molecule has 1 aliphatic rings. The van der Waals surface area contributed by atoms with Gasteiger partial charge in [0.2, 0.25) is 5.13 Å². The number of aromatic nitrogens is 1. The van der Waals surface area contributed by atoms with Crippen molar-refractivity contribution < 1.29 is 0 Å². The average Bonchev–Trinajstić information content (AvgIpc) is 2.96. The van der Waals surface area contributed by atoms with Crippen molar-refractivity contribution in [2.45, 2.75) is 19.3 Å². The Balaban J connectivity index is 1.64. The molecule has 4 nitrogen and oxygen atoms in total. The Labute approximate surface area is 116 Å². The lowest BCUT2D eigenvalue weighted by Crippen LogP contribution is -2.31. The van der Waals surface area contributed by atoms with E-state index in [4.69, 9.17) is 0 Å². The molecule has 3 rings (SSSR count). The van der Waals surface area contributed by atoms with Gasteiger partial charge in [0.05, 0.1) is 5.69 Å². The van der Waals surface area contributed by atoms with E-state index in [0.29, 0.717) is 0 Å². The predicted octanol–water partition coefficient (Wildman–Crippen LogP) is 3.31. The first kappa shape index (κ1) is 12.2. The Hall–Kier alpha value is -1.88. The van der Waals surface area contributed by atoms with Crippen LogP contribution in [0.4, 0.5) is 5.13 Å². The summed E-state index contributed by atoms with van der Waals surface area (Å²) in [7, 11) is 0. The molecule has 0 saturated carbocycles. The summed E-state index contributed by atoms with van der Waals surface area (Å²) in [5, 5.41) is 2.93. The first-order valence-corrected chi connectivity index (χ1v) is 7.36. The van der Waals surface area contributed by atoms with Crippen molar-refractivity contribution in [3.8, 4) is 11.3 Å². The molecule has 0 fully saturated rings. The highest BCUT2D eigenvalue weighted by molar-refractivity contribution is 7.14. The van der Waals surface area contributed by atoms with Crippen LogP contribution in [0.2, 0.25) is 0 Å². The minimum absolute atomic E-state index is 0.868. The lowest BCUT2D eigenvalue weighted by Gasteiger charge is -2.13.